The Morgan fingerprint density at radius 1 is 1.00 bits per heavy atom. The van der Waals surface area contributed by atoms with Gasteiger partial charge in [-0.15, -0.1) is 0 Å². The minimum Gasteiger partial charge on any atom is -0.308 e. The maximum absolute atomic E-state index is 13.2. The Hall–Kier alpha value is -2.23. The van der Waals surface area contributed by atoms with Gasteiger partial charge < -0.3 is 4.90 Å². The standard InChI is InChI=1S/C16H13F2NO/c17-13-5-3-11(4-6-13)16(20)19-9-1-2-12-10-14(18)7-8-15(12)19/h3-8,10H,1-2,9H2. The molecule has 0 aromatic heterocycles. The average molecular weight is 273 g/mol. The Labute approximate surface area is 115 Å². The van der Waals surface area contributed by atoms with Crippen molar-refractivity contribution in [3.63, 3.8) is 0 Å². The molecular weight excluding hydrogens is 260 g/mol. The van der Waals surface area contributed by atoms with Crippen molar-refractivity contribution in [2.75, 3.05) is 11.4 Å². The quantitative estimate of drug-likeness (QED) is 0.778. The first-order chi connectivity index (χ1) is 9.65. The molecule has 0 saturated heterocycles. The molecule has 0 N–H and O–H groups in total. The molecule has 0 unspecified atom stereocenters. The Bertz CT molecular complexity index is 652. The molecule has 0 radical (unpaired) electrons. The summed E-state index contributed by atoms with van der Waals surface area (Å²) in [5, 5.41) is 0. The largest absolute Gasteiger partial charge is 0.308 e. The summed E-state index contributed by atoms with van der Waals surface area (Å²) in [6.45, 7) is 0.592. The predicted molar refractivity (Wildman–Crippen MR) is 72.8 cm³/mol. The highest BCUT2D eigenvalue weighted by Gasteiger charge is 2.23. The van der Waals surface area contributed by atoms with Crippen molar-refractivity contribution >= 4 is 11.6 Å². The number of aryl methyl sites for hydroxylation is 1. The highest BCUT2D eigenvalue weighted by molar-refractivity contribution is 6.06. The van der Waals surface area contributed by atoms with E-state index in [1.807, 2.05) is 0 Å². The van der Waals surface area contributed by atoms with Crippen LogP contribution in [-0.4, -0.2) is 12.5 Å². The molecule has 0 bridgehead atoms. The van der Waals surface area contributed by atoms with Gasteiger partial charge in [0.25, 0.3) is 5.91 Å². The smallest absolute Gasteiger partial charge is 0.258 e. The number of fused-ring (bicyclic) bond motifs is 1. The minimum atomic E-state index is -0.373. The molecule has 20 heavy (non-hydrogen) atoms. The number of anilines is 1. The van der Waals surface area contributed by atoms with E-state index in [1.54, 1.807) is 11.0 Å². The zero-order valence-corrected chi connectivity index (χ0v) is 10.8. The fourth-order valence-electron chi connectivity index (χ4n) is 2.52. The predicted octanol–water partition coefficient (Wildman–Crippen LogP) is 3.56. The van der Waals surface area contributed by atoms with Crippen LogP contribution in [0.25, 0.3) is 0 Å². The number of benzene rings is 2. The van der Waals surface area contributed by atoms with E-state index in [9.17, 15) is 13.6 Å². The van der Waals surface area contributed by atoms with E-state index in [-0.39, 0.29) is 17.5 Å². The van der Waals surface area contributed by atoms with Crippen LogP contribution in [0.5, 0.6) is 0 Å². The molecule has 0 saturated carbocycles. The normalized spacial score (nSPS) is 14.0. The monoisotopic (exact) mass is 273 g/mol. The third kappa shape index (κ3) is 2.29. The van der Waals surface area contributed by atoms with E-state index >= 15 is 0 Å². The van der Waals surface area contributed by atoms with Crippen molar-refractivity contribution in [1.82, 2.24) is 0 Å². The molecule has 0 fully saturated rings. The molecule has 1 aliphatic heterocycles. The fourth-order valence-corrected chi connectivity index (χ4v) is 2.52. The fraction of sp³-hybridized carbons (Fsp3) is 0.188. The summed E-state index contributed by atoms with van der Waals surface area (Å²) in [5.41, 5.74) is 2.02. The van der Waals surface area contributed by atoms with Gasteiger partial charge in [-0.3, -0.25) is 4.79 Å². The summed E-state index contributed by atoms with van der Waals surface area (Å²) in [4.78, 5) is 14.1. The summed E-state index contributed by atoms with van der Waals surface area (Å²) >= 11 is 0. The zero-order chi connectivity index (χ0) is 14.1. The number of carbonyl (C=O) groups is 1. The molecule has 2 aromatic rings. The lowest BCUT2D eigenvalue weighted by molar-refractivity contribution is 0.0985. The van der Waals surface area contributed by atoms with Crippen LogP contribution < -0.4 is 4.90 Å². The molecular formula is C16H13F2NO. The Morgan fingerprint density at radius 3 is 2.45 bits per heavy atom. The molecule has 0 atom stereocenters. The van der Waals surface area contributed by atoms with Gasteiger partial charge in [-0.25, -0.2) is 8.78 Å². The van der Waals surface area contributed by atoms with Crippen LogP contribution in [0, 0.1) is 11.6 Å². The lowest BCUT2D eigenvalue weighted by Crippen LogP contribution is -2.35. The van der Waals surface area contributed by atoms with Gasteiger partial charge in [0.1, 0.15) is 11.6 Å². The van der Waals surface area contributed by atoms with Gasteiger partial charge in [0.15, 0.2) is 0 Å². The van der Waals surface area contributed by atoms with Gasteiger partial charge in [0.2, 0.25) is 0 Å². The molecule has 4 heteroatoms. The second-order valence-electron chi connectivity index (χ2n) is 4.84. The number of rotatable bonds is 1. The number of amides is 1. The van der Waals surface area contributed by atoms with Crippen LogP contribution >= 0.6 is 0 Å². The molecule has 1 heterocycles. The highest BCUT2D eigenvalue weighted by atomic mass is 19.1. The molecule has 102 valence electrons. The van der Waals surface area contributed by atoms with Gasteiger partial charge in [0.05, 0.1) is 0 Å². The minimum absolute atomic E-state index is 0.183. The maximum Gasteiger partial charge on any atom is 0.258 e. The number of hydrogen-bond donors (Lipinski definition) is 0. The third-order valence-corrected chi connectivity index (χ3v) is 3.50. The van der Waals surface area contributed by atoms with Gasteiger partial charge in [-0.1, -0.05) is 0 Å². The molecule has 1 amide bonds. The van der Waals surface area contributed by atoms with Crippen molar-refractivity contribution in [3.8, 4) is 0 Å². The number of halogens is 2. The third-order valence-electron chi connectivity index (χ3n) is 3.50. The van der Waals surface area contributed by atoms with Gasteiger partial charge >= 0.3 is 0 Å². The van der Waals surface area contributed by atoms with E-state index in [2.05, 4.69) is 0 Å². The number of hydrogen-bond acceptors (Lipinski definition) is 1. The van der Waals surface area contributed by atoms with E-state index < -0.39 is 0 Å². The summed E-state index contributed by atoms with van der Waals surface area (Å²) < 4.78 is 26.2. The summed E-state index contributed by atoms with van der Waals surface area (Å²) in [7, 11) is 0. The second kappa shape index (κ2) is 5.04. The summed E-state index contributed by atoms with van der Waals surface area (Å²) in [5.74, 6) is -0.847. The lowest BCUT2D eigenvalue weighted by atomic mass is 10.0. The van der Waals surface area contributed by atoms with Crippen LogP contribution in [0.15, 0.2) is 42.5 Å². The zero-order valence-electron chi connectivity index (χ0n) is 10.8. The van der Waals surface area contributed by atoms with Crippen molar-refractivity contribution in [1.29, 1.82) is 0 Å². The van der Waals surface area contributed by atoms with Crippen LogP contribution in [0.1, 0.15) is 22.3 Å². The highest BCUT2D eigenvalue weighted by Crippen LogP contribution is 2.29. The van der Waals surface area contributed by atoms with Crippen LogP contribution in [0.3, 0.4) is 0 Å². The van der Waals surface area contributed by atoms with Gasteiger partial charge in [-0.05, 0) is 60.9 Å². The molecule has 2 nitrogen and oxygen atoms in total. The van der Waals surface area contributed by atoms with Gasteiger partial charge in [0, 0.05) is 17.8 Å². The van der Waals surface area contributed by atoms with E-state index in [0.717, 1.165) is 24.1 Å². The Morgan fingerprint density at radius 2 is 1.70 bits per heavy atom. The van der Waals surface area contributed by atoms with Crippen molar-refractivity contribution in [2.24, 2.45) is 0 Å². The Balaban J connectivity index is 1.96. The van der Waals surface area contributed by atoms with Crippen molar-refractivity contribution in [3.05, 3.63) is 65.2 Å². The van der Waals surface area contributed by atoms with E-state index in [1.165, 1.54) is 36.4 Å². The Kier molecular flexibility index (Phi) is 3.22. The van der Waals surface area contributed by atoms with Crippen molar-refractivity contribution in [2.45, 2.75) is 12.8 Å². The number of carbonyl (C=O) groups excluding carboxylic acids is 1. The molecule has 1 aliphatic rings. The molecule has 3 rings (SSSR count). The first kappa shape index (κ1) is 12.8. The average Bonchev–Trinajstić information content (AvgIpc) is 2.46. The van der Waals surface area contributed by atoms with Crippen molar-refractivity contribution < 1.29 is 13.6 Å². The molecule has 2 aromatic carbocycles. The maximum atomic E-state index is 13.2. The van der Waals surface area contributed by atoms with Crippen LogP contribution in [0.4, 0.5) is 14.5 Å². The van der Waals surface area contributed by atoms with E-state index in [0.29, 0.717) is 12.1 Å². The molecule has 0 spiro atoms. The van der Waals surface area contributed by atoms with Crippen LogP contribution in [-0.2, 0) is 6.42 Å². The van der Waals surface area contributed by atoms with E-state index in [4.69, 9.17) is 0 Å². The lowest BCUT2D eigenvalue weighted by Gasteiger charge is -2.29. The number of nitrogens with zero attached hydrogens (tertiary/aromatic N) is 1. The first-order valence-electron chi connectivity index (χ1n) is 6.51. The molecule has 0 aliphatic carbocycles. The summed E-state index contributed by atoms with van der Waals surface area (Å²) in [6, 6.07) is 9.93. The topological polar surface area (TPSA) is 20.3 Å². The summed E-state index contributed by atoms with van der Waals surface area (Å²) in [6.07, 6.45) is 1.56. The first-order valence-corrected chi connectivity index (χ1v) is 6.51. The second-order valence-corrected chi connectivity index (χ2v) is 4.84. The van der Waals surface area contributed by atoms with Gasteiger partial charge in [-0.2, -0.15) is 0 Å². The SMILES string of the molecule is O=C(c1ccc(F)cc1)N1CCCc2cc(F)ccc21. The van der Waals surface area contributed by atoms with Crippen LogP contribution in [0.2, 0.25) is 0 Å².